The summed E-state index contributed by atoms with van der Waals surface area (Å²) in [6, 6.07) is 10.6. The smallest absolute Gasteiger partial charge is 0.286 e. The number of fused-ring (bicyclic) bond motifs is 1. The number of carbonyl (C=O) groups excluding carboxylic acids is 1. The fraction of sp³-hybridized carbons (Fsp3) is 0.176. The minimum absolute atomic E-state index is 0.169. The first kappa shape index (κ1) is 14.9. The van der Waals surface area contributed by atoms with Crippen LogP contribution in [0, 0.1) is 0 Å². The second-order valence-electron chi connectivity index (χ2n) is 5.06. The minimum atomic E-state index is -0.294. The lowest BCUT2D eigenvalue weighted by molar-refractivity contribution is 0.0926. The van der Waals surface area contributed by atoms with Crippen LogP contribution in [0.2, 0.25) is 0 Å². The fourth-order valence-corrected chi connectivity index (χ4v) is 2.34. The molecule has 0 spiro atoms. The number of aromatic nitrogens is 1. The maximum Gasteiger partial charge on any atom is 0.286 e. The molecule has 0 aliphatic rings. The third-order valence-corrected chi connectivity index (χ3v) is 3.55. The summed E-state index contributed by atoms with van der Waals surface area (Å²) >= 11 is 0. The van der Waals surface area contributed by atoms with Crippen molar-refractivity contribution in [1.82, 2.24) is 10.3 Å². The van der Waals surface area contributed by atoms with Crippen molar-refractivity contribution in [2.75, 3.05) is 13.7 Å². The highest BCUT2D eigenvalue weighted by Crippen LogP contribution is 2.18. The van der Waals surface area contributed by atoms with Crippen molar-refractivity contribution in [1.29, 1.82) is 0 Å². The quantitative estimate of drug-likeness (QED) is 0.755. The van der Waals surface area contributed by atoms with Gasteiger partial charge in [-0.2, -0.15) is 0 Å². The van der Waals surface area contributed by atoms with Crippen LogP contribution in [-0.4, -0.2) is 24.5 Å². The molecule has 6 nitrogen and oxygen atoms in total. The number of carbonyl (C=O) groups is 1. The molecule has 0 fully saturated rings. The van der Waals surface area contributed by atoms with Gasteiger partial charge in [0.1, 0.15) is 5.75 Å². The summed E-state index contributed by atoms with van der Waals surface area (Å²) in [5.41, 5.74) is 1.16. The van der Waals surface area contributed by atoms with Crippen LogP contribution < -0.4 is 15.6 Å². The summed E-state index contributed by atoms with van der Waals surface area (Å²) in [4.78, 5) is 26.7. The van der Waals surface area contributed by atoms with E-state index in [4.69, 9.17) is 9.15 Å². The van der Waals surface area contributed by atoms with Crippen LogP contribution in [-0.2, 0) is 6.42 Å². The first-order valence-corrected chi connectivity index (χ1v) is 7.19. The molecule has 6 heteroatoms. The lowest BCUT2D eigenvalue weighted by Gasteiger charge is -2.06. The lowest BCUT2D eigenvalue weighted by Crippen LogP contribution is -2.27. The monoisotopic (exact) mass is 312 g/mol. The molecule has 23 heavy (non-hydrogen) atoms. The van der Waals surface area contributed by atoms with E-state index < -0.39 is 0 Å². The maximum absolute atomic E-state index is 12.1. The minimum Gasteiger partial charge on any atom is -0.497 e. The van der Waals surface area contributed by atoms with Crippen molar-refractivity contribution >= 4 is 16.8 Å². The van der Waals surface area contributed by atoms with E-state index in [0.717, 1.165) is 10.9 Å². The van der Waals surface area contributed by atoms with Gasteiger partial charge in [0, 0.05) is 18.2 Å². The number of hydrogen-bond acceptors (Lipinski definition) is 4. The molecule has 0 aliphatic heterocycles. The number of nitrogens with one attached hydrogen (secondary N) is 2. The van der Waals surface area contributed by atoms with E-state index in [2.05, 4.69) is 10.3 Å². The van der Waals surface area contributed by atoms with E-state index >= 15 is 0 Å². The number of furan rings is 1. The number of hydrogen-bond donors (Lipinski definition) is 2. The Morgan fingerprint density at radius 1 is 1.30 bits per heavy atom. The molecular weight excluding hydrogens is 296 g/mol. The van der Waals surface area contributed by atoms with E-state index in [1.54, 1.807) is 25.3 Å². The molecule has 0 saturated carbocycles. The van der Waals surface area contributed by atoms with Crippen molar-refractivity contribution in [2.45, 2.75) is 6.42 Å². The highest BCUT2D eigenvalue weighted by Gasteiger charge is 2.09. The maximum atomic E-state index is 12.1. The van der Waals surface area contributed by atoms with Gasteiger partial charge in [-0.15, -0.1) is 0 Å². The third-order valence-electron chi connectivity index (χ3n) is 3.55. The first-order valence-electron chi connectivity index (χ1n) is 7.19. The van der Waals surface area contributed by atoms with Crippen molar-refractivity contribution in [3.05, 3.63) is 64.3 Å². The average molecular weight is 312 g/mol. The molecule has 3 rings (SSSR count). The van der Waals surface area contributed by atoms with E-state index in [9.17, 15) is 9.59 Å². The van der Waals surface area contributed by atoms with Gasteiger partial charge >= 0.3 is 0 Å². The fourth-order valence-electron chi connectivity index (χ4n) is 2.34. The molecule has 2 heterocycles. The highest BCUT2D eigenvalue weighted by atomic mass is 16.5. The molecule has 0 aliphatic carbocycles. The van der Waals surface area contributed by atoms with Crippen LogP contribution in [0.15, 0.2) is 51.9 Å². The van der Waals surface area contributed by atoms with Gasteiger partial charge in [-0.3, -0.25) is 9.59 Å². The summed E-state index contributed by atoms with van der Waals surface area (Å²) in [6.07, 6.45) is 1.88. The molecule has 3 aromatic rings. The van der Waals surface area contributed by atoms with Gasteiger partial charge in [0.25, 0.3) is 11.5 Å². The Morgan fingerprint density at radius 2 is 2.17 bits per heavy atom. The molecular formula is C17H16N2O4. The van der Waals surface area contributed by atoms with Crippen LogP contribution in [0.25, 0.3) is 10.9 Å². The zero-order valence-electron chi connectivity index (χ0n) is 12.6. The molecule has 1 aromatic carbocycles. The molecule has 0 unspecified atom stereocenters. The van der Waals surface area contributed by atoms with E-state index in [0.29, 0.717) is 24.3 Å². The number of methoxy groups -OCH3 is 1. The summed E-state index contributed by atoms with van der Waals surface area (Å²) in [7, 11) is 1.58. The first-order chi connectivity index (χ1) is 11.2. The topological polar surface area (TPSA) is 84.3 Å². The van der Waals surface area contributed by atoms with E-state index in [1.807, 2.05) is 18.2 Å². The van der Waals surface area contributed by atoms with Crippen LogP contribution in [0.1, 0.15) is 16.1 Å². The third kappa shape index (κ3) is 3.26. The average Bonchev–Trinajstić information content (AvgIpc) is 3.09. The summed E-state index contributed by atoms with van der Waals surface area (Å²) < 4.78 is 10.2. The number of aromatic amines is 1. The van der Waals surface area contributed by atoms with Crippen LogP contribution in [0.4, 0.5) is 0 Å². The zero-order valence-corrected chi connectivity index (χ0v) is 12.6. The number of H-pyrrole nitrogens is 1. The van der Waals surface area contributed by atoms with Gasteiger partial charge in [-0.25, -0.2) is 0 Å². The molecule has 0 bridgehead atoms. The predicted octanol–water partition coefficient (Wildman–Crippen LogP) is 2.10. The number of ether oxygens (including phenoxy) is 1. The van der Waals surface area contributed by atoms with Crippen molar-refractivity contribution in [2.24, 2.45) is 0 Å². The summed E-state index contributed by atoms with van der Waals surface area (Å²) in [6.45, 7) is 0.351. The van der Waals surface area contributed by atoms with Gasteiger partial charge in [0.05, 0.1) is 18.9 Å². The summed E-state index contributed by atoms with van der Waals surface area (Å²) in [5, 5.41) is 3.64. The zero-order chi connectivity index (χ0) is 16.2. The molecule has 1 amide bonds. The second-order valence-corrected chi connectivity index (χ2v) is 5.06. The van der Waals surface area contributed by atoms with Crippen LogP contribution in [0.5, 0.6) is 5.75 Å². The predicted molar refractivity (Wildman–Crippen MR) is 85.9 cm³/mol. The normalized spacial score (nSPS) is 10.7. The lowest BCUT2D eigenvalue weighted by atomic mass is 10.1. The Hall–Kier alpha value is -3.02. The van der Waals surface area contributed by atoms with Crippen molar-refractivity contribution in [3.63, 3.8) is 0 Å². The molecule has 0 saturated heterocycles. The largest absolute Gasteiger partial charge is 0.497 e. The number of benzene rings is 1. The Morgan fingerprint density at radius 3 is 2.91 bits per heavy atom. The SMILES string of the molecule is COc1ccc2cc(CCNC(=O)c3ccco3)c(=O)[nH]c2c1. The molecule has 0 atom stereocenters. The number of amides is 1. The summed E-state index contributed by atoms with van der Waals surface area (Å²) in [5.74, 6) is 0.646. The molecule has 2 aromatic heterocycles. The highest BCUT2D eigenvalue weighted by molar-refractivity contribution is 5.91. The van der Waals surface area contributed by atoms with Gasteiger partial charge in [0.2, 0.25) is 0 Å². The van der Waals surface area contributed by atoms with Crippen LogP contribution >= 0.6 is 0 Å². The van der Waals surface area contributed by atoms with Gasteiger partial charge in [-0.1, -0.05) is 0 Å². The Labute approximate surface area is 132 Å². The van der Waals surface area contributed by atoms with Crippen LogP contribution in [0.3, 0.4) is 0 Å². The van der Waals surface area contributed by atoms with Crippen molar-refractivity contribution < 1.29 is 13.9 Å². The van der Waals surface area contributed by atoms with E-state index in [1.165, 1.54) is 6.26 Å². The van der Waals surface area contributed by atoms with Crippen molar-refractivity contribution in [3.8, 4) is 5.75 Å². The second kappa shape index (κ2) is 6.39. The molecule has 0 radical (unpaired) electrons. The van der Waals surface area contributed by atoms with E-state index in [-0.39, 0.29) is 17.2 Å². The Bertz CT molecular complexity index is 881. The molecule has 2 N–H and O–H groups in total. The number of rotatable bonds is 5. The van der Waals surface area contributed by atoms with Gasteiger partial charge in [-0.05, 0) is 42.1 Å². The Balaban J connectivity index is 1.71. The van der Waals surface area contributed by atoms with Gasteiger partial charge in [0.15, 0.2) is 5.76 Å². The molecule has 118 valence electrons. The Kier molecular flexibility index (Phi) is 4.14. The van der Waals surface area contributed by atoms with Gasteiger partial charge < -0.3 is 19.5 Å². The number of pyridine rings is 1. The standard InChI is InChI=1S/C17H16N2O4/c1-22-13-5-4-11-9-12(16(20)19-14(11)10-13)6-7-18-17(21)15-3-2-8-23-15/h2-5,8-10H,6-7H2,1H3,(H,18,21)(H,19,20).